The summed E-state index contributed by atoms with van der Waals surface area (Å²) >= 11 is 5.93. The average molecular weight is 241 g/mol. The number of rotatable bonds is 2. The lowest BCUT2D eigenvalue weighted by Gasteiger charge is -2.29. The second-order valence-corrected chi connectivity index (χ2v) is 4.66. The number of hydrogen-bond acceptors (Lipinski definition) is 4. The third-order valence-electron chi connectivity index (χ3n) is 3.32. The number of aromatic nitrogens is 2. The van der Waals surface area contributed by atoms with Crippen molar-refractivity contribution in [3.05, 3.63) is 11.5 Å². The van der Waals surface area contributed by atoms with Crippen LogP contribution < -0.4 is 10.6 Å². The van der Waals surface area contributed by atoms with E-state index < -0.39 is 0 Å². The zero-order valence-corrected chi connectivity index (χ0v) is 10.4. The largest absolute Gasteiger partial charge is 0.393 e. The summed E-state index contributed by atoms with van der Waals surface area (Å²) in [6.07, 6.45) is 4.95. The van der Waals surface area contributed by atoms with E-state index in [1.807, 2.05) is 0 Å². The molecule has 1 aliphatic heterocycles. The van der Waals surface area contributed by atoms with Gasteiger partial charge in [-0.15, -0.1) is 0 Å². The van der Waals surface area contributed by atoms with Crippen LogP contribution in [0.5, 0.6) is 0 Å². The van der Waals surface area contributed by atoms with Crippen LogP contribution in [0.4, 0.5) is 11.5 Å². The Labute approximate surface area is 101 Å². The molecule has 5 heteroatoms. The Balaban J connectivity index is 2.38. The van der Waals surface area contributed by atoms with Gasteiger partial charge in [-0.3, -0.25) is 0 Å². The maximum Gasteiger partial charge on any atom is 0.157 e. The molecule has 0 aromatic carbocycles. The topological polar surface area (TPSA) is 55.0 Å². The predicted octanol–water partition coefficient (Wildman–Crippen LogP) is 2.48. The lowest BCUT2D eigenvalue weighted by atomic mass is 10.1. The molecule has 1 saturated heterocycles. The second kappa shape index (κ2) is 4.45. The number of anilines is 2. The van der Waals surface area contributed by atoms with Crippen molar-refractivity contribution in [3.63, 3.8) is 0 Å². The molecule has 2 N–H and O–H groups in total. The first-order valence-electron chi connectivity index (χ1n) is 5.69. The smallest absolute Gasteiger partial charge is 0.157 e. The van der Waals surface area contributed by atoms with Crippen LogP contribution in [0.2, 0.25) is 5.15 Å². The normalized spacial score (nSPS) is 25.1. The Morgan fingerprint density at radius 3 is 2.94 bits per heavy atom. The van der Waals surface area contributed by atoms with Gasteiger partial charge in [0.2, 0.25) is 0 Å². The van der Waals surface area contributed by atoms with Crippen LogP contribution in [0.15, 0.2) is 6.33 Å². The van der Waals surface area contributed by atoms with E-state index in [1.54, 1.807) is 0 Å². The summed E-state index contributed by atoms with van der Waals surface area (Å²) in [5.41, 5.74) is 6.44. The first-order valence-corrected chi connectivity index (χ1v) is 6.07. The van der Waals surface area contributed by atoms with E-state index in [0.717, 1.165) is 12.2 Å². The van der Waals surface area contributed by atoms with Crippen LogP contribution in [0, 0.1) is 0 Å². The summed E-state index contributed by atoms with van der Waals surface area (Å²) in [7, 11) is 0. The molecule has 0 bridgehead atoms. The fourth-order valence-electron chi connectivity index (χ4n) is 2.43. The van der Waals surface area contributed by atoms with Crippen molar-refractivity contribution in [2.24, 2.45) is 0 Å². The van der Waals surface area contributed by atoms with Crippen molar-refractivity contribution < 1.29 is 0 Å². The molecule has 0 saturated carbocycles. The van der Waals surface area contributed by atoms with Gasteiger partial charge in [0.15, 0.2) is 11.0 Å². The molecule has 1 aliphatic rings. The number of nitrogens with zero attached hydrogens (tertiary/aromatic N) is 3. The summed E-state index contributed by atoms with van der Waals surface area (Å²) in [6.45, 7) is 4.39. The molecule has 0 radical (unpaired) electrons. The van der Waals surface area contributed by atoms with Crippen molar-refractivity contribution in [1.82, 2.24) is 9.97 Å². The minimum Gasteiger partial charge on any atom is -0.393 e. The van der Waals surface area contributed by atoms with Crippen molar-refractivity contribution in [3.8, 4) is 0 Å². The van der Waals surface area contributed by atoms with E-state index >= 15 is 0 Å². The Morgan fingerprint density at radius 1 is 1.50 bits per heavy atom. The molecule has 2 heterocycles. The third kappa shape index (κ3) is 1.82. The molecule has 2 atom stereocenters. The number of nitrogens with two attached hydrogens (primary N) is 1. The molecule has 0 spiro atoms. The maximum atomic E-state index is 5.94. The first kappa shape index (κ1) is 11.5. The molecule has 1 aromatic heterocycles. The fraction of sp³-hybridized carbons (Fsp3) is 0.636. The molecule has 16 heavy (non-hydrogen) atoms. The van der Waals surface area contributed by atoms with Gasteiger partial charge in [-0.2, -0.15) is 0 Å². The summed E-state index contributed by atoms with van der Waals surface area (Å²) < 4.78 is 0. The zero-order valence-electron chi connectivity index (χ0n) is 9.65. The number of nitrogen functional groups attached to an aromatic ring is 1. The van der Waals surface area contributed by atoms with Gasteiger partial charge in [0, 0.05) is 12.1 Å². The molecule has 1 aromatic rings. The fourth-order valence-corrected chi connectivity index (χ4v) is 2.55. The van der Waals surface area contributed by atoms with Gasteiger partial charge in [-0.1, -0.05) is 18.5 Å². The highest BCUT2D eigenvalue weighted by Gasteiger charge is 2.31. The highest BCUT2D eigenvalue weighted by atomic mass is 35.5. The van der Waals surface area contributed by atoms with Gasteiger partial charge in [0.05, 0.1) is 0 Å². The first-order chi connectivity index (χ1) is 7.65. The molecular formula is C11H17ClN4. The van der Waals surface area contributed by atoms with Crippen LogP contribution in [0.1, 0.15) is 33.1 Å². The molecule has 0 amide bonds. The van der Waals surface area contributed by atoms with E-state index in [9.17, 15) is 0 Å². The van der Waals surface area contributed by atoms with Crippen LogP contribution in [0.25, 0.3) is 0 Å². The standard InChI is InChI=1S/C11H17ClN4/c1-3-8-5-4-7(2)16(8)11-9(13)10(12)14-6-15-11/h6-8H,3-5,13H2,1-2H3. The van der Waals surface area contributed by atoms with Crippen molar-refractivity contribution in [2.45, 2.75) is 45.2 Å². The van der Waals surface area contributed by atoms with E-state index in [1.165, 1.54) is 19.2 Å². The van der Waals surface area contributed by atoms with Crippen molar-refractivity contribution in [2.75, 3.05) is 10.6 Å². The highest BCUT2D eigenvalue weighted by molar-refractivity contribution is 6.32. The molecule has 2 rings (SSSR count). The zero-order chi connectivity index (χ0) is 11.7. The molecular weight excluding hydrogens is 224 g/mol. The van der Waals surface area contributed by atoms with Gasteiger partial charge < -0.3 is 10.6 Å². The van der Waals surface area contributed by atoms with E-state index in [4.69, 9.17) is 17.3 Å². The van der Waals surface area contributed by atoms with E-state index in [2.05, 4.69) is 28.7 Å². The molecule has 88 valence electrons. The summed E-state index contributed by atoms with van der Waals surface area (Å²) in [4.78, 5) is 10.4. The van der Waals surface area contributed by atoms with Crippen LogP contribution >= 0.6 is 11.6 Å². The SMILES string of the molecule is CCC1CCC(C)N1c1ncnc(Cl)c1N. The Morgan fingerprint density at radius 2 is 2.25 bits per heavy atom. The molecule has 4 nitrogen and oxygen atoms in total. The van der Waals surface area contributed by atoms with Crippen LogP contribution in [-0.4, -0.2) is 22.1 Å². The molecule has 1 fully saturated rings. The Hall–Kier alpha value is -1.03. The van der Waals surface area contributed by atoms with Crippen LogP contribution in [0.3, 0.4) is 0 Å². The highest BCUT2D eigenvalue weighted by Crippen LogP contribution is 2.35. The van der Waals surface area contributed by atoms with Gasteiger partial charge >= 0.3 is 0 Å². The Bertz CT molecular complexity index is 382. The van der Waals surface area contributed by atoms with Crippen molar-refractivity contribution in [1.29, 1.82) is 0 Å². The van der Waals surface area contributed by atoms with Gasteiger partial charge in [-0.25, -0.2) is 9.97 Å². The minimum atomic E-state index is 0.346. The van der Waals surface area contributed by atoms with E-state index in [-0.39, 0.29) is 0 Å². The van der Waals surface area contributed by atoms with Gasteiger partial charge in [0.25, 0.3) is 0 Å². The van der Waals surface area contributed by atoms with E-state index in [0.29, 0.717) is 22.9 Å². The second-order valence-electron chi connectivity index (χ2n) is 4.30. The Kier molecular flexibility index (Phi) is 3.19. The summed E-state index contributed by atoms with van der Waals surface area (Å²) in [5.74, 6) is 0.789. The minimum absolute atomic E-state index is 0.346. The monoisotopic (exact) mass is 240 g/mol. The quantitative estimate of drug-likeness (QED) is 0.807. The lowest BCUT2D eigenvalue weighted by molar-refractivity contribution is 0.621. The summed E-state index contributed by atoms with van der Waals surface area (Å²) in [5, 5.41) is 0.346. The number of hydrogen-bond donors (Lipinski definition) is 1. The lowest BCUT2D eigenvalue weighted by Crippen LogP contribution is -2.35. The molecule has 2 unspecified atom stereocenters. The number of halogens is 1. The van der Waals surface area contributed by atoms with Gasteiger partial charge in [0.1, 0.15) is 12.0 Å². The predicted molar refractivity (Wildman–Crippen MR) is 66.7 cm³/mol. The van der Waals surface area contributed by atoms with Crippen LogP contribution in [-0.2, 0) is 0 Å². The average Bonchev–Trinajstić information content (AvgIpc) is 2.64. The summed E-state index contributed by atoms with van der Waals surface area (Å²) in [6, 6.07) is 0.987. The van der Waals surface area contributed by atoms with Crippen molar-refractivity contribution >= 4 is 23.1 Å². The van der Waals surface area contributed by atoms with Gasteiger partial charge in [-0.05, 0) is 26.2 Å². The molecule has 0 aliphatic carbocycles. The maximum absolute atomic E-state index is 5.94. The third-order valence-corrected chi connectivity index (χ3v) is 3.62.